The molecule has 3 aromatic heterocycles. The number of alkyl halides is 3. The molecule has 38 heavy (non-hydrogen) atoms. The number of carbonyl (C=O) groups is 2. The molecule has 2 unspecified atom stereocenters. The average Bonchev–Trinajstić information content (AvgIpc) is 3.52. The van der Waals surface area contributed by atoms with Crippen molar-refractivity contribution in [3.8, 4) is 5.69 Å². The monoisotopic (exact) mass is 531 g/mol. The van der Waals surface area contributed by atoms with Crippen LogP contribution in [0.2, 0.25) is 0 Å². The fourth-order valence-corrected chi connectivity index (χ4v) is 3.98. The fourth-order valence-electron chi connectivity index (χ4n) is 3.98. The van der Waals surface area contributed by atoms with Crippen molar-refractivity contribution in [2.24, 2.45) is 0 Å². The maximum Gasteiger partial charge on any atom is 0.433 e. The van der Waals surface area contributed by atoms with Gasteiger partial charge in [0.25, 0.3) is 11.8 Å². The molecule has 0 aliphatic carbocycles. The molecule has 2 atom stereocenters. The lowest BCUT2D eigenvalue weighted by Crippen LogP contribution is -2.63. The van der Waals surface area contributed by atoms with Gasteiger partial charge in [-0.15, -0.1) is 5.10 Å². The van der Waals surface area contributed by atoms with Gasteiger partial charge in [0.1, 0.15) is 5.69 Å². The Labute approximate surface area is 211 Å². The Morgan fingerprint density at radius 1 is 1.26 bits per heavy atom. The van der Waals surface area contributed by atoms with E-state index >= 15 is 0 Å². The molecule has 4 N–H and O–H groups in total. The van der Waals surface area contributed by atoms with Crippen molar-refractivity contribution in [2.75, 3.05) is 29.1 Å². The second-order valence-electron chi connectivity index (χ2n) is 8.60. The summed E-state index contributed by atoms with van der Waals surface area (Å²) in [4.78, 5) is 30.8. The molecule has 0 radical (unpaired) electrons. The number of aromatic nitrogens is 4. The zero-order valence-corrected chi connectivity index (χ0v) is 19.6. The van der Waals surface area contributed by atoms with Gasteiger partial charge in [-0.2, -0.15) is 13.2 Å². The highest BCUT2D eigenvalue weighted by atomic mass is 19.4. The summed E-state index contributed by atoms with van der Waals surface area (Å²) in [6.07, 6.45) is -4.05. The predicted molar refractivity (Wildman–Crippen MR) is 126 cm³/mol. The van der Waals surface area contributed by atoms with E-state index in [1.54, 1.807) is 6.07 Å². The maximum absolute atomic E-state index is 13.4. The van der Waals surface area contributed by atoms with Gasteiger partial charge in [0, 0.05) is 24.0 Å². The van der Waals surface area contributed by atoms with Gasteiger partial charge in [-0.1, -0.05) is 5.16 Å². The van der Waals surface area contributed by atoms with Crippen LogP contribution < -0.4 is 16.0 Å². The van der Waals surface area contributed by atoms with E-state index in [2.05, 4.69) is 20.6 Å². The number of benzene rings is 1. The zero-order chi connectivity index (χ0) is 27.2. The standard InChI is InChI=1S/C23H20F3N7O5/c1-22(18(34)20(35)29-12-2-4-14-15(10-12)38-31-19(14)27)21(36)32(8-9-37-22)17-6-7-33(30-17)13-3-5-16(28-11-13)23(24,25)26/h2-7,10-11,18,34H,8-9H2,1H3,(H2,27,31)(H,29,35). The largest absolute Gasteiger partial charge is 0.433 e. The minimum absolute atomic E-state index is 0.0232. The molecule has 0 saturated carbocycles. The van der Waals surface area contributed by atoms with Crippen LogP contribution in [-0.2, 0) is 20.5 Å². The summed E-state index contributed by atoms with van der Waals surface area (Å²) >= 11 is 0. The highest BCUT2D eigenvalue weighted by molar-refractivity contribution is 6.06. The number of hydrogen-bond acceptors (Lipinski definition) is 9. The first kappa shape index (κ1) is 25.2. The van der Waals surface area contributed by atoms with E-state index in [0.29, 0.717) is 11.0 Å². The number of morpholine rings is 1. The number of hydrogen-bond donors (Lipinski definition) is 3. The summed E-state index contributed by atoms with van der Waals surface area (Å²) in [5.41, 5.74) is 3.49. The van der Waals surface area contributed by atoms with Crippen LogP contribution in [0.5, 0.6) is 0 Å². The second-order valence-corrected chi connectivity index (χ2v) is 8.60. The van der Waals surface area contributed by atoms with Gasteiger partial charge in [-0.3, -0.25) is 14.5 Å². The van der Waals surface area contributed by atoms with Crippen molar-refractivity contribution in [1.82, 2.24) is 19.9 Å². The summed E-state index contributed by atoms with van der Waals surface area (Å²) < 4.78 is 50.2. The van der Waals surface area contributed by atoms with Crippen LogP contribution in [0.25, 0.3) is 16.7 Å². The van der Waals surface area contributed by atoms with Gasteiger partial charge < -0.3 is 25.4 Å². The van der Waals surface area contributed by atoms with Gasteiger partial charge in [0.05, 0.1) is 30.4 Å². The number of aliphatic hydroxyl groups excluding tert-OH is 1. The molecular formula is C23H20F3N7O5. The van der Waals surface area contributed by atoms with Crippen LogP contribution in [0.1, 0.15) is 12.6 Å². The highest BCUT2D eigenvalue weighted by Gasteiger charge is 2.51. The van der Waals surface area contributed by atoms with Crippen LogP contribution in [0.15, 0.2) is 53.3 Å². The predicted octanol–water partition coefficient (Wildman–Crippen LogP) is 2.13. The SMILES string of the molecule is CC1(C(O)C(=O)Nc2ccc3c(N)noc3c2)OCCN(c2ccn(-c3ccc(C(F)(F)F)nc3)n2)C1=O. The van der Waals surface area contributed by atoms with Gasteiger partial charge >= 0.3 is 6.18 Å². The number of nitrogens with zero attached hydrogens (tertiary/aromatic N) is 5. The Morgan fingerprint density at radius 2 is 2.05 bits per heavy atom. The molecule has 12 nitrogen and oxygen atoms in total. The number of fused-ring (bicyclic) bond motifs is 1. The molecule has 2 amide bonds. The van der Waals surface area contributed by atoms with Crippen LogP contribution in [-0.4, -0.2) is 61.7 Å². The third-order valence-electron chi connectivity index (χ3n) is 6.08. The van der Waals surface area contributed by atoms with Crippen LogP contribution in [0, 0.1) is 0 Å². The van der Waals surface area contributed by atoms with E-state index in [-0.39, 0.29) is 36.2 Å². The number of carbonyl (C=O) groups excluding carboxylic acids is 2. The summed E-state index contributed by atoms with van der Waals surface area (Å²) in [5.74, 6) is -1.31. The van der Waals surface area contributed by atoms with Gasteiger partial charge in [0.15, 0.2) is 28.9 Å². The van der Waals surface area contributed by atoms with Crippen molar-refractivity contribution in [3.05, 3.63) is 54.5 Å². The van der Waals surface area contributed by atoms with Crippen molar-refractivity contribution in [2.45, 2.75) is 24.8 Å². The molecule has 15 heteroatoms. The van der Waals surface area contributed by atoms with Crippen molar-refractivity contribution in [1.29, 1.82) is 0 Å². The molecule has 4 aromatic rings. The number of nitrogens with two attached hydrogens (primary N) is 1. The lowest BCUT2D eigenvalue weighted by Gasteiger charge is -2.40. The zero-order valence-electron chi connectivity index (χ0n) is 19.6. The van der Waals surface area contributed by atoms with Crippen LogP contribution >= 0.6 is 0 Å². The molecule has 1 fully saturated rings. The third kappa shape index (κ3) is 4.41. The topological polar surface area (TPSA) is 162 Å². The summed E-state index contributed by atoms with van der Waals surface area (Å²) in [7, 11) is 0. The number of nitrogen functional groups attached to an aromatic ring is 1. The van der Waals surface area contributed by atoms with Crippen molar-refractivity contribution < 1.29 is 37.1 Å². The third-order valence-corrected chi connectivity index (χ3v) is 6.08. The first-order chi connectivity index (χ1) is 18.0. The summed E-state index contributed by atoms with van der Waals surface area (Å²) in [6.45, 7) is 1.32. The number of rotatable bonds is 5. The highest BCUT2D eigenvalue weighted by Crippen LogP contribution is 2.30. The van der Waals surface area contributed by atoms with E-state index in [9.17, 15) is 27.9 Å². The Bertz CT molecular complexity index is 1520. The molecule has 0 spiro atoms. The average molecular weight is 531 g/mol. The van der Waals surface area contributed by atoms with E-state index in [1.165, 1.54) is 47.0 Å². The van der Waals surface area contributed by atoms with E-state index in [0.717, 1.165) is 12.3 Å². The van der Waals surface area contributed by atoms with E-state index < -0.39 is 35.4 Å². The summed E-state index contributed by atoms with van der Waals surface area (Å²) in [6, 6.07) is 8.04. The maximum atomic E-state index is 13.4. The van der Waals surface area contributed by atoms with E-state index in [1.807, 2.05) is 0 Å². The molecule has 0 bridgehead atoms. The Kier molecular flexibility index (Phi) is 6.03. The Morgan fingerprint density at radius 3 is 2.76 bits per heavy atom. The van der Waals surface area contributed by atoms with Gasteiger partial charge in [0.2, 0.25) is 0 Å². The molecular weight excluding hydrogens is 511 g/mol. The smallest absolute Gasteiger partial charge is 0.380 e. The Hall–Kier alpha value is -4.50. The Balaban J connectivity index is 1.32. The molecule has 198 valence electrons. The quantitative estimate of drug-likeness (QED) is 0.350. The van der Waals surface area contributed by atoms with E-state index in [4.69, 9.17) is 15.0 Å². The van der Waals surface area contributed by atoms with Crippen molar-refractivity contribution >= 4 is 40.1 Å². The number of nitrogens with one attached hydrogen (secondary N) is 1. The number of anilines is 3. The first-order valence-corrected chi connectivity index (χ1v) is 11.2. The molecule has 1 aromatic carbocycles. The van der Waals surface area contributed by atoms with Gasteiger partial charge in [-0.25, -0.2) is 9.67 Å². The number of aliphatic hydroxyl groups is 1. The molecule has 1 aliphatic rings. The van der Waals surface area contributed by atoms with Crippen LogP contribution in [0.4, 0.5) is 30.5 Å². The van der Waals surface area contributed by atoms with Crippen LogP contribution in [0.3, 0.4) is 0 Å². The molecule has 1 saturated heterocycles. The fraction of sp³-hybridized carbons (Fsp3) is 0.261. The first-order valence-electron chi connectivity index (χ1n) is 11.2. The summed E-state index contributed by atoms with van der Waals surface area (Å²) in [5, 5.41) is 21.8. The number of pyridine rings is 1. The molecule has 5 rings (SSSR count). The number of ether oxygens (including phenoxy) is 1. The molecule has 1 aliphatic heterocycles. The number of amides is 2. The minimum Gasteiger partial charge on any atom is -0.380 e. The number of halogens is 3. The minimum atomic E-state index is -4.58. The lowest BCUT2D eigenvalue weighted by atomic mass is 9.94. The second kappa shape index (κ2) is 9.11. The van der Waals surface area contributed by atoms with Crippen molar-refractivity contribution in [3.63, 3.8) is 0 Å². The normalized spacial score (nSPS) is 19.1. The van der Waals surface area contributed by atoms with Gasteiger partial charge in [-0.05, 0) is 31.2 Å². The lowest BCUT2D eigenvalue weighted by molar-refractivity contribution is -0.170. The molecule has 4 heterocycles.